The van der Waals surface area contributed by atoms with Crippen LogP contribution in [0.4, 0.5) is 0 Å². The maximum atomic E-state index is 11.8. The Morgan fingerprint density at radius 2 is 1.74 bits per heavy atom. The average Bonchev–Trinajstić information content (AvgIpc) is 3.14. The van der Waals surface area contributed by atoms with Crippen LogP contribution in [0.5, 0.6) is 0 Å². The van der Waals surface area contributed by atoms with E-state index in [4.69, 9.17) is 5.73 Å². The predicted octanol–water partition coefficient (Wildman–Crippen LogP) is 1.27. The molecular weight excluding hydrogens is 242 g/mol. The van der Waals surface area contributed by atoms with Gasteiger partial charge in [0.05, 0.1) is 6.54 Å². The van der Waals surface area contributed by atoms with Crippen molar-refractivity contribution < 1.29 is 9.59 Å². The smallest absolute Gasteiger partial charge is 0.243 e. The van der Waals surface area contributed by atoms with Gasteiger partial charge in [-0.05, 0) is 25.7 Å². The van der Waals surface area contributed by atoms with E-state index < -0.39 is 0 Å². The van der Waals surface area contributed by atoms with E-state index in [1.807, 2.05) is 27.7 Å². The molecule has 1 saturated heterocycles. The van der Waals surface area contributed by atoms with Gasteiger partial charge < -0.3 is 16.0 Å². The van der Waals surface area contributed by atoms with Crippen LogP contribution in [-0.2, 0) is 9.59 Å². The van der Waals surface area contributed by atoms with Gasteiger partial charge in [-0.1, -0.05) is 27.7 Å². The molecule has 3 N–H and O–H groups in total. The largest absolute Gasteiger partial charge is 0.352 e. The van der Waals surface area contributed by atoms with Crippen molar-refractivity contribution in [2.24, 2.45) is 5.73 Å². The maximum absolute atomic E-state index is 11.8. The van der Waals surface area contributed by atoms with Gasteiger partial charge in [-0.3, -0.25) is 9.59 Å². The Bertz CT molecular complexity index is 278. The van der Waals surface area contributed by atoms with Crippen LogP contribution >= 0.6 is 0 Å². The van der Waals surface area contributed by atoms with Gasteiger partial charge in [-0.25, -0.2) is 0 Å². The molecule has 0 aromatic carbocycles. The minimum atomic E-state index is -0.276. The number of nitrogens with one attached hydrogen (secondary N) is 1. The first kappa shape index (κ1) is 17.9. The zero-order valence-corrected chi connectivity index (χ0v) is 12.7. The summed E-state index contributed by atoms with van der Waals surface area (Å²) in [5.74, 6) is -0.125. The van der Waals surface area contributed by atoms with Crippen LogP contribution in [0.3, 0.4) is 0 Å². The third-order valence-corrected chi connectivity index (χ3v) is 2.97. The molecule has 0 aromatic rings. The molecule has 1 aliphatic heterocycles. The lowest BCUT2D eigenvalue weighted by Crippen LogP contribution is -2.48. The van der Waals surface area contributed by atoms with E-state index >= 15 is 0 Å². The molecule has 1 atom stereocenters. The van der Waals surface area contributed by atoms with E-state index in [1.54, 1.807) is 4.90 Å². The quantitative estimate of drug-likeness (QED) is 0.811. The van der Waals surface area contributed by atoms with E-state index in [0.717, 1.165) is 25.7 Å². The van der Waals surface area contributed by atoms with Crippen LogP contribution in [0.15, 0.2) is 0 Å². The van der Waals surface area contributed by atoms with Crippen LogP contribution < -0.4 is 11.1 Å². The van der Waals surface area contributed by atoms with Gasteiger partial charge in [0.15, 0.2) is 0 Å². The zero-order chi connectivity index (χ0) is 14.8. The van der Waals surface area contributed by atoms with Crippen LogP contribution in [0, 0.1) is 0 Å². The highest BCUT2D eigenvalue weighted by Crippen LogP contribution is 2.22. The Morgan fingerprint density at radius 1 is 1.16 bits per heavy atom. The first-order valence-electron chi connectivity index (χ1n) is 7.52. The summed E-state index contributed by atoms with van der Waals surface area (Å²) in [5.41, 5.74) is 5.30. The number of carbonyl (C=O) groups is 2. The molecule has 5 nitrogen and oxygen atoms in total. The molecule has 2 amide bonds. The summed E-state index contributed by atoms with van der Waals surface area (Å²) in [6.45, 7) is 8.66. The molecule has 2 aliphatic rings. The van der Waals surface area contributed by atoms with Gasteiger partial charge in [0.2, 0.25) is 11.8 Å². The van der Waals surface area contributed by atoms with Crippen LogP contribution in [0.1, 0.15) is 53.4 Å². The Hall–Kier alpha value is -1.10. The van der Waals surface area contributed by atoms with Gasteiger partial charge in [-0.2, -0.15) is 0 Å². The summed E-state index contributed by atoms with van der Waals surface area (Å²) < 4.78 is 0. The molecule has 0 unspecified atom stereocenters. The fourth-order valence-electron chi connectivity index (χ4n) is 1.98. The third-order valence-electron chi connectivity index (χ3n) is 2.97. The third kappa shape index (κ3) is 5.59. The summed E-state index contributed by atoms with van der Waals surface area (Å²) in [4.78, 5) is 24.8. The standard InChI is InChI=1S/C10H17N3O2.2C2H6/c11-6-9(14)13-5-1-2-8(13)10(15)12-7-3-4-7;2*1-2/h7-8H,1-6,11H2,(H,12,15);2*1-2H3/t8-;;/m0../s1. The SMILES string of the molecule is CC.CC.NCC(=O)N1CCC[C@H]1C(=O)NC1CC1. The first-order chi connectivity index (χ1) is 9.22. The van der Waals surface area contributed by atoms with Gasteiger partial charge in [0.25, 0.3) is 0 Å². The molecule has 19 heavy (non-hydrogen) atoms. The van der Waals surface area contributed by atoms with Crippen LogP contribution in [0.25, 0.3) is 0 Å². The number of hydrogen-bond acceptors (Lipinski definition) is 3. The van der Waals surface area contributed by atoms with Crippen molar-refractivity contribution in [3.05, 3.63) is 0 Å². The monoisotopic (exact) mass is 271 g/mol. The highest BCUT2D eigenvalue weighted by Gasteiger charge is 2.35. The van der Waals surface area contributed by atoms with Gasteiger partial charge in [-0.15, -0.1) is 0 Å². The Labute approximate surface area is 116 Å². The predicted molar refractivity (Wildman–Crippen MR) is 77.7 cm³/mol. The van der Waals surface area contributed by atoms with Crippen LogP contribution in [-0.4, -0.2) is 41.9 Å². The fourth-order valence-corrected chi connectivity index (χ4v) is 1.98. The van der Waals surface area contributed by atoms with E-state index in [9.17, 15) is 9.59 Å². The van der Waals surface area contributed by atoms with Gasteiger partial charge in [0.1, 0.15) is 6.04 Å². The molecule has 0 radical (unpaired) electrons. The summed E-state index contributed by atoms with van der Waals surface area (Å²) in [5, 5.41) is 2.93. The summed E-state index contributed by atoms with van der Waals surface area (Å²) in [6.07, 6.45) is 3.81. The Balaban J connectivity index is 0.000000741. The van der Waals surface area contributed by atoms with E-state index in [1.165, 1.54) is 0 Å². The average molecular weight is 271 g/mol. The lowest BCUT2D eigenvalue weighted by molar-refractivity contribution is -0.137. The Morgan fingerprint density at radius 3 is 2.21 bits per heavy atom. The van der Waals surface area contributed by atoms with E-state index in [0.29, 0.717) is 12.6 Å². The molecule has 0 aromatic heterocycles. The number of carbonyl (C=O) groups excluding carboxylic acids is 2. The minimum Gasteiger partial charge on any atom is -0.352 e. The molecule has 0 bridgehead atoms. The Kier molecular flexibility index (Phi) is 9.21. The van der Waals surface area contributed by atoms with Crippen molar-refractivity contribution in [2.45, 2.75) is 65.5 Å². The summed E-state index contributed by atoms with van der Waals surface area (Å²) in [6, 6.07) is 0.0783. The molecular formula is C14H29N3O2. The number of rotatable bonds is 3. The molecule has 1 aliphatic carbocycles. The lowest BCUT2D eigenvalue weighted by atomic mass is 10.2. The number of hydrogen-bond donors (Lipinski definition) is 2. The topological polar surface area (TPSA) is 75.4 Å². The zero-order valence-electron chi connectivity index (χ0n) is 12.7. The lowest BCUT2D eigenvalue weighted by Gasteiger charge is -2.23. The van der Waals surface area contributed by atoms with Crippen molar-refractivity contribution in [1.82, 2.24) is 10.2 Å². The highest BCUT2D eigenvalue weighted by atomic mass is 16.2. The second-order valence-corrected chi connectivity index (χ2v) is 4.23. The molecule has 0 spiro atoms. The van der Waals surface area contributed by atoms with Crippen molar-refractivity contribution in [3.63, 3.8) is 0 Å². The van der Waals surface area contributed by atoms with Crippen molar-refractivity contribution >= 4 is 11.8 Å². The second-order valence-electron chi connectivity index (χ2n) is 4.23. The van der Waals surface area contributed by atoms with Crippen LogP contribution in [0.2, 0.25) is 0 Å². The molecule has 2 rings (SSSR count). The van der Waals surface area contributed by atoms with Crippen molar-refractivity contribution in [3.8, 4) is 0 Å². The number of amides is 2. The van der Waals surface area contributed by atoms with E-state index in [2.05, 4.69) is 5.32 Å². The second kappa shape index (κ2) is 9.78. The van der Waals surface area contributed by atoms with Gasteiger partial charge in [0, 0.05) is 12.6 Å². The molecule has 1 heterocycles. The van der Waals surface area contributed by atoms with Crippen molar-refractivity contribution in [2.75, 3.05) is 13.1 Å². The molecule has 1 saturated carbocycles. The van der Waals surface area contributed by atoms with E-state index in [-0.39, 0.29) is 24.4 Å². The fraction of sp³-hybridized carbons (Fsp3) is 0.857. The first-order valence-corrected chi connectivity index (χ1v) is 7.52. The molecule has 112 valence electrons. The number of nitrogens with zero attached hydrogens (tertiary/aromatic N) is 1. The maximum Gasteiger partial charge on any atom is 0.243 e. The molecule has 2 fully saturated rings. The minimum absolute atomic E-state index is 0.00296. The number of nitrogens with two attached hydrogens (primary N) is 1. The van der Waals surface area contributed by atoms with Crippen molar-refractivity contribution in [1.29, 1.82) is 0 Å². The molecule has 5 heteroatoms. The number of likely N-dealkylation sites (tertiary alicyclic amines) is 1. The van der Waals surface area contributed by atoms with Gasteiger partial charge >= 0.3 is 0 Å². The summed E-state index contributed by atoms with van der Waals surface area (Å²) >= 11 is 0. The normalized spacial score (nSPS) is 20.7. The highest BCUT2D eigenvalue weighted by molar-refractivity contribution is 5.89. The summed E-state index contributed by atoms with van der Waals surface area (Å²) in [7, 11) is 0.